The smallest absolute Gasteiger partial charge is 0.306 e. The molecule has 0 saturated heterocycles. The molecule has 1 aromatic carbocycles. The van der Waals surface area contributed by atoms with Crippen LogP contribution in [0.3, 0.4) is 0 Å². The van der Waals surface area contributed by atoms with Crippen LogP contribution in [0.2, 0.25) is 5.02 Å². The minimum atomic E-state index is -0.807. The van der Waals surface area contributed by atoms with E-state index in [1.807, 2.05) is 13.0 Å². The van der Waals surface area contributed by atoms with E-state index >= 15 is 0 Å². The molecule has 1 aliphatic carbocycles. The van der Waals surface area contributed by atoms with Gasteiger partial charge < -0.3 is 15.2 Å². The molecular formula is C17H22ClNO4. The van der Waals surface area contributed by atoms with E-state index in [-0.39, 0.29) is 11.8 Å². The second-order valence-corrected chi connectivity index (χ2v) is 6.24. The molecule has 0 bridgehead atoms. The van der Waals surface area contributed by atoms with Crippen LogP contribution in [0.4, 0.5) is 0 Å². The largest absolute Gasteiger partial charge is 0.493 e. The van der Waals surface area contributed by atoms with Gasteiger partial charge in [0.15, 0.2) is 0 Å². The number of halogens is 1. The second kappa shape index (κ2) is 8.20. The Bertz CT molecular complexity index is 576. The molecule has 1 aliphatic rings. The molecule has 23 heavy (non-hydrogen) atoms. The molecular weight excluding hydrogens is 318 g/mol. The third-order valence-electron chi connectivity index (χ3n) is 4.18. The Morgan fingerprint density at radius 1 is 1.35 bits per heavy atom. The average Bonchev–Trinajstić information content (AvgIpc) is 2.54. The van der Waals surface area contributed by atoms with Crippen molar-refractivity contribution in [1.82, 2.24) is 5.32 Å². The van der Waals surface area contributed by atoms with Crippen molar-refractivity contribution in [2.45, 2.75) is 39.2 Å². The van der Waals surface area contributed by atoms with Crippen LogP contribution >= 0.6 is 11.6 Å². The van der Waals surface area contributed by atoms with E-state index in [1.165, 1.54) is 0 Å². The van der Waals surface area contributed by atoms with Crippen LogP contribution in [0.1, 0.15) is 38.2 Å². The van der Waals surface area contributed by atoms with E-state index < -0.39 is 11.9 Å². The molecule has 0 radical (unpaired) electrons. The van der Waals surface area contributed by atoms with Gasteiger partial charge in [0, 0.05) is 23.0 Å². The molecule has 2 rings (SSSR count). The van der Waals surface area contributed by atoms with Gasteiger partial charge >= 0.3 is 5.97 Å². The molecule has 0 aromatic heterocycles. The lowest BCUT2D eigenvalue weighted by Crippen LogP contribution is -2.35. The summed E-state index contributed by atoms with van der Waals surface area (Å²) in [7, 11) is 0. The number of hydrogen-bond donors (Lipinski definition) is 2. The monoisotopic (exact) mass is 339 g/mol. The second-order valence-electron chi connectivity index (χ2n) is 5.80. The Morgan fingerprint density at radius 3 is 2.78 bits per heavy atom. The highest BCUT2D eigenvalue weighted by molar-refractivity contribution is 6.30. The quantitative estimate of drug-likeness (QED) is 0.834. The number of carboxylic acids is 1. The van der Waals surface area contributed by atoms with Gasteiger partial charge in [-0.3, -0.25) is 9.59 Å². The fraction of sp³-hybridized carbons (Fsp3) is 0.529. The molecule has 2 unspecified atom stereocenters. The molecule has 0 spiro atoms. The lowest BCUT2D eigenvalue weighted by molar-refractivity contribution is -0.144. The first-order valence-electron chi connectivity index (χ1n) is 7.93. The zero-order chi connectivity index (χ0) is 16.8. The Balaban J connectivity index is 1.95. The number of benzene rings is 1. The summed E-state index contributed by atoms with van der Waals surface area (Å²) in [5.74, 6) is -0.874. The summed E-state index contributed by atoms with van der Waals surface area (Å²) in [4.78, 5) is 23.4. The van der Waals surface area contributed by atoms with E-state index in [2.05, 4.69) is 5.32 Å². The summed E-state index contributed by atoms with van der Waals surface area (Å²) in [5.41, 5.74) is 0.857. The molecule has 1 aromatic rings. The van der Waals surface area contributed by atoms with Crippen LogP contribution in [0.15, 0.2) is 18.2 Å². The van der Waals surface area contributed by atoms with Gasteiger partial charge in [-0.1, -0.05) is 24.1 Å². The number of hydrogen-bond acceptors (Lipinski definition) is 3. The Kier molecular flexibility index (Phi) is 6.28. The number of carbonyl (C=O) groups excluding carboxylic acids is 1. The van der Waals surface area contributed by atoms with Gasteiger partial charge in [-0.2, -0.15) is 0 Å². The van der Waals surface area contributed by atoms with Crippen molar-refractivity contribution in [3.63, 3.8) is 0 Å². The molecule has 2 atom stereocenters. The van der Waals surface area contributed by atoms with Crippen molar-refractivity contribution < 1.29 is 19.4 Å². The summed E-state index contributed by atoms with van der Waals surface area (Å²) < 4.78 is 5.53. The number of rotatable bonds is 6. The predicted octanol–water partition coefficient (Wildman–Crippen LogP) is 3.25. The van der Waals surface area contributed by atoms with Gasteiger partial charge in [0.05, 0.1) is 12.5 Å². The van der Waals surface area contributed by atoms with Crippen LogP contribution in [0.5, 0.6) is 5.75 Å². The first-order chi connectivity index (χ1) is 11.0. The molecule has 6 heteroatoms. The van der Waals surface area contributed by atoms with E-state index in [0.717, 1.165) is 18.4 Å². The molecule has 0 heterocycles. The Morgan fingerprint density at radius 2 is 2.09 bits per heavy atom. The zero-order valence-electron chi connectivity index (χ0n) is 13.2. The predicted molar refractivity (Wildman–Crippen MR) is 87.6 cm³/mol. The maximum absolute atomic E-state index is 12.3. The number of nitrogens with one attached hydrogen (secondary N) is 1. The fourth-order valence-corrected chi connectivity index (χ4v) is 3.11. The van der Waals surface area contributed by atoms with Crippen molar-refractivity contribution in [2.75, 3.05) is 6.61 Å². The molecule has 1 amide bonds. The van der Waals surface area contributed by atoms with Crippen LogP contribution in [0.25, 0.3) is 0 Å². The highest BCUT2D eigenvalue weighted by Crippen LogP contribution is 2.30. The minimum absolute atomic E-state index is 0.0895. The van der Waals surface area contributed by atoms with Gasteiger partial charge in [0.2, 0.25) is 5.91 Å². The molecule has 1 fully saturated rings. The topological polar surface area (TPSA) is 75.6 Å². The third-order valence-corrected chi connectivity index (χ3v) is 4.41. The normalized spacial score (nSPS) is 20.8. The summed E-state index contributed by atoms with van der Waals surface area (Å²) in [5, 5.41) is 12.6. The number of amides is 1. The highest BCUT2D eigenvalue weighted by Gasteiger charge is 2.30. The maximum atomic E-state index is 12.3. The molecule has 1 saturated carbocycles. The highest BCUT2D eigenvalue weighted by atomic mass is 35.5. The van der Waals surface area contributed by atoms with Crippen LogP contribution < -0.4 is 10.1 Å². The molecule has 126 valence electrons. The third kappa shape index (κ3) is 4.86. The minimum Gasteiger partial charge on any atom is -0.493 e. The maximum Gasteiger partial charge on any atom is 0.306 e. The number of carboxylic acid groups (broad SMARTS) is 1. The van der Waals surface area contributed by atoms with E-state index in [0.29, 0.717) is 36.8 Å². The number of carbonyl (C=O) groups is 2. The van der Waals surface area contributed by atoms with Gasteiger partial charge in [-0.05, 0) is 38.3 Å². The van der Waals surface area contributed by atoms with Gasteiger partial charge in [-0.25, -0.2) is 0 Å². The molecule has 0 aliphatic heterocycles. The van der Waals surface area contributed by atoms with Crippen LogP contribution in [-0.2, 0) is 16.1 Å². The molecule has 2 N–H and O–H groups in total. The van der Waals surface area contributed by atoms with E-state index in [1.54, 1.807) is 12.1 Å². The van der Waals surface area contributed by atoms with E-state index in [9.17, 15) is 9.59 Å². The standard InChI is InChI=1S/C17H22ClNO4/c1-2-23-15-9-14(18)7-6-13(15)10-19-16(20)11-4-3-5-12(8-11)17(21)22/h6-7,9,11-12H,2-5,8,10H2,1H3,(H,19,20)(H,21,22). The Hall–Kier alpha value is -1.75. The first-order valence-corrected chi connectivity index (χ1v) is 8.30. The lowest BCUT2D eigenvalue weighted by Gasteiger charge is -2.25. The Labute approximate surface area is 141 Å². The first kappa shape index (κ1) is 17.6. The lowest BCUT2D eigenvalue weighted by atomic mass is 9.81. The van der Waals surface area contributed by atoms with E-state index in [4.69, 9.17) is 21.4 Å². The zero-order valence-corrected chi connectivity index (χ0v) is 13.9. The van der Waals surface area contributed by atoms with Crippen LogP contribution in [-0.4, -0.2) is 23.6 Å². The van der Waals surface area contributed by atoms with Crippen molar-refractivity contribution in [3.8, 4) is 5.75 Å². The summed E-state index contributed by atoms with van der Waals surface area (Å²) in [6.45, 7) is 2.75. The summed E-state index contributed by atoms with van der Waals surface area (Å²) in [6.07, 6.45) is 2.60. The SMILES string of the molecule is CCOc1cc(Cl)ccc1CNC(=O)C1CCCC(C(=O)O)C1. The fourth-order valence-electron chi connectivity index (χ4n) is 2.94. The van der Waals surface area contributed by atoms with Crippen molar-refractivity contribution in [3.05, 3.63) is 28.8 Å². The van der Waals surface area contributed by atoms with Crippen molar-refractivity contribution >= 4 is 23.5 Å². The van der Waals surface area contributed by atoms with Crippen molar-refractivity contribution in [1.29, 1.82) is 0 Å². The number of aliphatic carboxylic acids is 1. The van der Waals surface area contributed by atoms with Gasteiger partial charge in [0.25, 0.3) is 0 Å². The van der Waals surface area contributed by atoms with Gasteiger partial charge in [0.1, 0.15) is 5.75 Å². The summed E-state index contributed by atoms with van der Waals surface area (Å²) >= 11 is 5.96. The number of ether oxygens (including phenoxy) is 1. The van der Waals surface area contributed by atoms with Crippen molar-refractivity contribution in [2.24, 2.45) is 11.8 Å². The molecule has 5 nitrogen and oxygen atoms in total. The van der Waals surface area contributed by atoms with Crippen LogP contribution in [0, 0.1) is 11.8 Å². The summed E-state index contributed by atoms with van der Waals surface area (Å²) in [6, 6.07) is 5.31. The average molecular weight is 340 g/mol. The van der Waals surface area contributed by atoms with Gasteiger partial charge in [-0.15, -0.1) is 0 Å².